The molecule has 0 heterocycles. The summed E-state index contributed by atoms with van der Waals surface area (Å²) in [5.41, 5.74) is 1.31. The van der Waals surface area contributed by atoms with Crippen molar-refractivity contribution in [3.8, 4) is 0 Å². The van der Waals surface area contributed by atoms with Gasteiger partial charge in [0, 0.05) is 12.3 Å². The first-order valence-corrected chi connectivity index (χ1v) is 3.50. The Morgan fingerprint density at radius 3 is 2.89 bits per heavy atom. The van der Waals surface area contributed by atoms with E-state index in [1.807, 2.05) is 0 Å². The highest BCUT2D eigenvalue weighted by Crippen LogP contribution is 2.43. The van der Waals surface area contributed by atoms with Crippen molar-refractivity contribution in [1.29, 1.82) is 0 Å². The van der Waals surface area contributed by atoms with Gasteiger partial charge in [-0.15, -0.1) is 0 Å². The molecule has 0 aromatic heterocycles. The van der Waals surface area contributed by atoms with Crippen molar-refractivity contribution in [2.75, 3.05) is 0 Å². The Kier molecular flexibility index (Phi) is 0.850. The molecule has 2 aliphatic rings. The van der Waals surface area contributed by atoms with E-state index in [4.69, 9.17) is 0 Å². The minimum atomic E-state index is 0.352. The number of carbonyl (C=O) groups is 1. The van der Waals surface area contributed by atoms with Crippen molar-refractivity contribution < 1.29 is 4.79 Å². The third-order valence-corrected chi connectivity index (χ3v) is 2.47. The lowest BCUT2D eigenvalue weighted by Gasteiger charge is -2.25. The van der Waals surface area contributed by atoms with Gasteiger partial charge in [0.1, 0.15) is 5.78 Å². The van der Waals surface area contributed by atoms with Gasteiger partial charge in [-0.3, -0.25) is 4.79 Å². The van der Waals surface area contributed by atoms with Crippen molar-refractivity contribution in [2.45, 2.75) is 19.8 Å². The van der Waals surface area contributed by atoms with E-state index < -0.39 is 0 Å². The average molecular weight is 122 g/mol. The third kappa shape index (κ3) is 0.521. The van der Waals surface area contributed by atoms with Crippen molar-refractivity contribution in [3.05, 3.63) is 11.6 Å². The molecule has 2 rings (SSSR count). The average Bonchev–Trinajstić information content (AvgIpc) is 2.04. The molecule has 2 atom stereocenters. The van der Waals surface area contributed by atoms with Gasteiger partial charge < -0.3 is 0 Å². The number of Topliss-reactive ketones (excluding diaryl/α,β-unsaturated/α-hetero) is 1. The summed E-state index contributed by atoms with van der Waals surface area (Å²) in [6.07, 6.45) is 4.17. The lowest BCUT2D eigenvalue weighted by atomic mass is 9.78. The van der Waals surface area contributed by atoms with Crippen LogP contribution in [0.4, 0.5) is 0 Å². The maximum absolute atomic E-state index is 11.0. The van der Waals surface area contributed by atoms with Gasteiger partial charge >= 0.3 is 0 Å². The first-order valence-electron chi connectivity index (χ1n) is 3.50. The van der Waals surface area contributed by atoms with Crippen molar-refractivity contribution in [3.63, 3.8) is 0 Å². The highest BCUT2D eigenvalue weighted by Gasteiger charge is 2.40. The molecule has 0 amide bonds. The lowest BCUT2D eigenvalue weighted by Crippen LogP contribution is -2.22. The molecule has 0 aromatic rings. The number of allylic oxidation sites excluding steroid dienone is 2. The molecule has 9 heavy (non-hydrogen) atoms. The monoisotopic (exact) mass is 122 g/mol. The van der Waals surface area contributed by atoms with Crippen LogP contribution in [0.3, 0.4) is 0 Å². The van der Waals surface area contributed by atoms with Gasteiger partial charge in [0.2, 0.25) is 0 Å². The Bertz CT molecular complexity index is 191. The number of rotatable bonds is 0. The summed E-state index contributed by atoms with van der Waals surface area (Å²) in [4.78, 5) is 11.0. The van der Waals surface area contributed by atoms with E-state index in [0.717, 1.165) is 12.8 Å². The molecule has 0 radical (unpaired) electrons. The molecule has 0 bridgehead atoms. The number of ketones is 1. The molecule has 0 aliphatic heterocycles. The smallest absolute Gasteiger partial charge is 0.140 e. The maximum Gasteiger partial charge on any atom is 0.140 e. The van der Waals surface area contributed by atoms with Crippen LogP contribution in [0.2, 0.25) is 0 Å². The van der Waals surface area contributed by atoms with Crippen LogP contribution < -0.4 is 0 Å². The zero-order valence-corrected chi connectivity index (χ0v) is 5.55. The zero-order valence-electron chi connectivity index (χ0n) is 5.55. The Morgan fingerprint density at radius 2 is 2.44 bits per heavy atom. The first kappa shape index (κ1) is 5.21. The van der Waals surface area contributed by atoms with Gasteiger partial charge in [0.15, 0.2) is 0 Å². The standard InChI is InChI=1S/C8H10O/c1-5-4-6-2-3-7(9)8(5)6/h4,6,8H,2-3H2,1H3. The number of fused-ring (bicyclic) bond motifs is 1. The molecule has 0 N–H and O–H groups in total. The molecular weight excluding hydrogens is 112 g/mol. The summed E-state index contributed by atoms with van der Waals surface area (Å²) in [5, 5.41) is 0. The molecular formula is C8H10O. The fourth-order valence-electron chi connectivity index (χ4n) is 1.96. The minimum absolute atomic E-state index is 0.352. The first-order chi connectivity index (χ1) is 4.29. The maximum atomic E-state index is 11.0. The molecule has 1 fully saturated rings. The second kappa shape index (κ2) is 1.47. The van der Waals surface area contributed by atoms with Gasteiger partial charge in [0.25, 0.3) is 0 Å². The van der Waals surface area contributed by atoms with E-state index in [9.17, 15) is 4.79 Å². The topological polar surface area (TPSA) is 17.1 Å². The molecule has 2 aliphatic carbocycles. The quantitative estimate of drug-likeness (QED) is 0.445. The number of hydrogen-bond acceptors (Lipinski definition) is 1. The van der Waals surface area contributed by atoms with Crippen molar-refractivity contribution in [1.82, 2.24) is 0 Å². The van der Waals surface area contributed by atoms with Crippen LogP contribution in [0.15, 0.2) is 11.6 Å². The SMILES string of the molecule is CC1=CC2CCC(=O)C12. The van der Waals surface area contributed by atoms with Crippen LogP contribution in [-0.2, 0) is 4.79 Å². The predicted molar refractivity (Wildman–Crippen MR) is 35.0 cm³/mol. The van der Waals surface area contributed by atoms with Gasteiger partial charge in [-0.05, 0) is 19.3 Å². The van der Waals surface area contributed by atoms with E-state index >= 15 is 0 Å². The molecule has 2 unspecified atom stereocenters. The van der Waals surface area contributed by atoms with Crippen molar-refractivity contribution in [2.24, 2.45) is 11.8 Å². The summed E-state index contributed by atoms with van der Waals surface area (Å²) in [6, 6.07) is 0. The van der Waals surface area contributed by atoms with Gasteiger partial charge in [0.05, 0.1) is 0 Å². The third-order valence-electron chi connectivity index (χ3n) is 2.47. The predicted octanol–water partition coefficient (Wildman–Crippen LogP) is 1.54. The minimum Gasteiger partial charge on any atom is -0.299 e. The van der Waals surface area contributed by atoms with Crippen LogP contribution in [0.1, 0.15) is 19.8 Å². The Morgan fingerprint density at radius 1 is 1.67 bits per heavy atom. The van der Waals surface area contributed by atoms with Gasteiger partial charge in [-0.25, -0.2) is 0 Å². The molecule has 1 nitrogen and oxygen atoms in total. The Hall–Kier alpha value is -0.590. The van der Waals surface area contributed by atoms with E-state index in [-0.39, 0.29) is 0 Å². The molecule has 1 saturated carbocycles. The molecule has 0 saturated heterocycles. The van der Waals surface area contributed by atoms with E-state index in [1.165, 1.54) is 5.57 Å². The lowest BCUT2D eigenvalue weighted by molar-refractivity contribution is -0.120. The van der Waals surface area contributed by atoms with E-state index in [0.29, 0.717) is 17.6 Å². The summed E-state index contributed by atoms with van der Waals surface area (Å²) in [7, 11) is 0. The Balaban J connectivity index is 2.28. The number of hydrogen-bond donors (Lipinski definition) is 0. The van der Waals surface area contributed by atoms with Crippen LogP contribution in [0.25, 0.3) is 0 Å². The van der Waals surface area contributed by atoms with Gasteiger partial charge in [-0.2, -0.15) is 0 Å². The second-order valence-corrected chi connectivity index (χ2v) is 3.06. The molecule has 0 aromatic carbocycles. The summed E-state index contributed by atoms with van der Waals surface area (Å²) in [6.45, 7) is 2.06. The molecule has 48 valence electrons. The van der Waals surface area contributed by atoms with Crippen LogP contribution in [0.5, 0.6) is 0 Å². The Labute approximate surface area is 54.8 Å². The van der Waals surface area contributed by atoms with E-state index in [2.05, 4.69) is 13.0 Å². The van der Waals surface area contributed by atoms with Gasteiger partial charge in [-0.1, -0.05) is 11.6 Å². The van der Waals surface area contributed by atoms with Crippen LogP contribution >= 0.6 is 0 Å². The summed E-state index contributed by atoms with van der Waals surface area (Å²) in [5.74, 6) is 1.46. The second-order valence-electron chi connectivity index (χ2n) is 3.06. The van der Waals surface area contributed by atoms with Crippen LogP contribution in [0, 0.1) is 11.8 Å². The fraction of sp³-hybridized carbons (Fsp3) is 0.625. The van der Waals surface area contributed by atoms with Crippen molar-refractivity contribution >= 4 is 5.78 Å². The highest BCUT2D eigenvalue weighted by molar-refractivity contribution is 5.88. The molecule has 0 spiro atoms. The number of carbonyl (C=O) groups excluding carboxylic acids is 1. The highest BCUT2D eigenvalue weighted by atomic mass is 16.1. The normalized spacial score (nSPS) is 39.7. The largest absolute Gasteiger partial charge is 0.299 e. The van der Waals surface area contributed by atoms with Crippen LogP contribution in [-0.4, -0.2) is 5.78 Å². The zero-order chi connectivity index (χ0) is 6.43. The van der Waals surface area contributed by atoms with E-state index in [1.54, 1.807) is 0 Å². The summed E-state index contributed by atoms with van der Waals surface area (Å²) >= 11 is 0. The fourth-order valence-corrected chi connectivity index (χ4v) is 1.96. The molecule has 1 heteroatoms. The summed E-state index contributed by atoms with van der Waals surface area (Å²) < 4.78 is 0.